The summed E-state index contributed by atoms with van der Waals surface area (Å²) in [4.78, 5) is 18.7. The molecular weight excluding hydrogens is 361 g/mol. The van der Waals surface area contributed by atoms with Crippen LogP contribution in [-0.4, -0.2) is 33.2 Å². The van der Waals surface area contributed by atoms with Crippen LogP contribution in [0.4, 0.5) is 4.39 Å². The third kappa shape index (κ3) is 4.39. The van der Waals surface area contributed by atoms with Crippen LogP contribution in [0.3, 0.4) is 0 Å². The highest BCUT2D eigenvalue weighted by molar-refractivity contribution is 7.99. The second-order valence-electron chi connectivity index (χ2n) is 6.37. The van der Waals surface area contributed by atoms with Crippen molar-refractivity contribution in [3.05, 3.63) is 72.2 Å². The molecule has 3 rings (SSSR count). The molecule has 27 heavy (non-hydrogen) atoms. The van der Waals surface area contributed by atoms with Crippen LogP contribution in [0.5, 0.6) is 0 Å². The van der Waals surface area contributed by atoms with Gasteiger partial charge in [0.15, 0.2) is 5.16 Å². The van der Waals surface area contributed by atoms with Crippen molar-refractivity contribution in [1.82, 2.24) is 14.5 Å². The average Bonchev–Trinajstić information content (AvgIpc) is 3.06. The van der Waals surface area contributed by atoms with Gasteiger partial charge in [0, 0.05) is 14.1 Å². The van der Waals surface area contributed by atoms with Crippen LogP contribution >= 0.6 is 11.8 Å². The van der Waals surface area contributed by atoms with E-state index in [2.05, 4.69) is 4.98 Å². The lowest BCUT2D eigenvalue weighted by molar-refractivity contribution is -0.128. The van der Waals surface area contributed by atoms with E-state index in [1.807, 2.05) is 55.1 Å². The first-order chi connectivity index (χ1) is 13.0. The molecule has 0 bridgehead atoms. The van der Waals surface area contributed by atoms with Crippen LogP contribution in [-0.2, 0) is 11.8 Å². The van der Waals surface area contributed by atoms with E-state index < -0.39 is 0 Å². The molecule has 6 heteroatoms. The van der Waals surface area contributed by atoms with Crippen LogP contribution in [0, 0.1) is 5.82 Å². The molecule has 0 aliphatic heterocycles. The summed E-state index contributed by atoms with van der Waals surface area (Å²) in [5, 5.41) is 0.796. The molecule has 0 aliphatic rings. The lowest BCUT2D eigenvalue weighted by Crippen LogP contribution is -2.31. The minimum atomic E-state index is -0.278. The number of carbonyl (C=O) groups is 1. The zero-order valence-electron chi connectivity index (χ0n) is 15.6. The topological polar surface area (TPSA) is 38.1 Å². The van der Waals surface area contributed by atoms with Gasteiger partial charge in [-0.2, -0.15) is 0 Å². The van der Waals surface area contributed by atoms with E-state index in [-0.39, 0.29) is 17.8 Å². The lowest BCUT2D eigenvalue weighted by Gasteiger charge is -2.25. The van der Waals surface area contributed by atoms with Gasteiger partial charge in [0.2, 0.25) is 5.91 Å². The molecular formula is C21H22FN3OS. The SMILES string of the molecule is CC(c1ccc(F)cc1)N(C)C(=O)CSc1ncc(-c2ccccc2)n1C. The van der Waals surface area contributed by atoms with Crippen molar-refractivity contribution in [2.24, 2.45) is 7.05 Å². The van der Waals surface area contributed by atoms with Gasteiger partial charge in [0.05, 0.1) is 23.7 Å². The Morgan fingerprint density at radius 3 is 2.52 bits per heavy atom. The number of halogens is 1. The van der Waals surface area contributed by atoms with E-state index in [4.69, 9.17) is 0 Å². The maximum Gasteiger partial charge on any atom is 0.233 e. The standard InChI is InChI=1S/C21H22FN3OS/c1-15(16-9-11-18(22)12-10-16)24(2)20(26)14-27-21-23-13-19(25(21)3)17-7-5-4-6-8-17/h4-13,15H,14H2,1-3H3. The van der Waals surface area contributed by atoms with E-state index in [0.29, 0.717) is 5.75 Å². The highest BCUT2D eigenvalue weighted by atomic mass is 32.2. The molecule has 0 radical (unpaired) electrons. The maximum absolute atomic E-state index is 13.1. The third-order valence-electron chi connectivity index (χ3n) is 4.67. The van der Waals surface area contributed by atoms with Crippen molar-refractivity contribution in [2.75, 3.05) is 12.8 Å². The summed E-state index contributed by atoms with van der Waals surface area (Å²) >= 11 is 1.41. The van der Waals surface area contributed by atoms with Gasteiger partial charge in [-0.05, 0) is 30.2 Å². The predicted octanol–water partition coefficient (Wildman–Crippen LogP) is 4.54. The Morgan fingerprint density at radius 2 is 1.85 bits per heavy atom. The highest BCUT2D eigenvalue weighted by Gasteiger charge is 2.19. The minimum Gasteiger partial charge on any atom is -0.338 e. The molecule has 1 aromatic heterocycles. The van der Waals surface area contributed by atoms with Crippen LogP contribution < -0.4 is 0 Å². The first-order valence-corrected chi connectivity index (χ1v) is 9.67. The Bertz CT molecular complexity index is 909. The number of thioether (sulfide) groups is 1. The first kappa shape index (κ1) is 19.2. The van der Waals surface area contributed by atoms with Gasteiger partial charge < -0.3 is 9.47 Å². The van der Waals surface area contributed by atoms with Crippen LogP contribution in [0.25, 0.3) is 11.3 Å². The zero-order valence-corrected chi connectivity index (χ0v) is 16.4. The molecule has 0 saturated carbocycles. The number of carbonyl (C=O) groups excluding carboxylic acids is 1. The maximum atomic E-state index is 13.1. The Morgan fingerprint density at radius 1 is 1.19 bits per heavy atom. The largest absolute Gasteiger partial charge is 0.338 e. The molecule has 4 nitrogen and oxygen atoms in total. The molecule has 1 heterocycles. The second kappa shape index (κ2) is 8.39. The van der Waals surface area contributed by atoms with Crippen LogP contribution in [0.1, 0.15) is 18.5 Å². The molecule has 3 aromatic rings. The number of hydrogen-bond donors (Lipinski definition) is 0. The van der Waals surface area contributed by atoms with E-state index in [9.17, 15) is 9.18 Å². The van der Waals surface area contributed by atoms with E-state index in [1.165, 1.54) is 23.9 Å². The number of aromatic nitrogens is 2. The Labute approximate surface area is 163 Å². The Hall–Kier alpha value is -2.60. The fraction of sp³-hybridized carbons (Fsp3) is 0.238. The van der Waals surface area contributed by atoms with Crippen molar-refractivity contribution in [3.63, 3.8) is 0 Å². The monoisotopic (exact) mass is 383 g/mol. The molecule has 2 aromatic carbocycles. The van der Waals surface area contributed by atoms with E-state index in [1.54, 1.807) is 24.1 Å². The third-order valence-corrected chi connectivity index (χ3v) is 5.70. The summed E-state index contributed by atoms with van der Waals surface area (Å²) in [5.41, 5.74) is 3.01. The van der Waals surface area contributed by atoms with Crippen LogP contribution in [0.2, 0.25) is 0 Å². The lowest BCUT2D eigenvalue weighted by atomic mass is 10.1. The van der Waals surface area contributed by atoms with Crippen molar-refractivity contribution in [2.45, 2.75) is 18.1 Å². The molecule has 0 fully saturated rings. The molecule has 140 valence electrons. The molecule has 0 spiro atoms. The molecule has 0 N–H and O–H groups in total. The smallest absolute Gasteiger partial charge is 0.233 e. The summed E-state index contributed by atoms with van der Waals surface area (Å²) in [6, 6.07) is 16.2. The van der Waals surface area contributed by atoms with Crippen molar-refractivity contribution in [1.29, 1.82) is 0 Å². The highest BCUT2D eigenvalue weighted by Crippen LogP contribution is 2.26. The summed E-state index contributed by atoms with van der Waals surface area (Å²) < 4.78 is 15.1. The number of hydrogen-bond acceptors (Lipinski definition) is 3. The zero-order chi connectivity index (χ0) is 19.4. The molecule has 1 atom stereocenters. The van der Waals surface area contributed by atoms with Gasteiger partial charge in [0.25, 0.3) is 0 Å². The van der Waals surface area contributed by atoms with Gasteiger partial charge in [-0.3, -0.25) is 4.79 Å². The fourth-order valence-electron chi connectivity index (χ4n) is 2.81. The van der Waals surface area contributed by atoms with Gasteiger partial charge in [-0.25, -0.2) is 9.37 Å². The summed E-state index contributed by atoms with van der Waals surface area (Å²) in [6.45, 7) is 1.93. The second-order valence-corrected chi connectivity index (χ2v) is 7.31. The van der Waals surface area contributed by atoms with E-state index in [0.717, 1.165) is 22.0 Å². The average molecular weight is 383 g/mol. The number of amides is 1. The normalized spacial score (nSPS) is 12.0. The molecule has 0 aliphatic carbocycles. The van der Waals surface area contributed by atoms with Crippen molar-refractivity contribution < 1.29 is 9.18 Å². The fourth-order valence-corrected chi connectivity index (χ4v) is 3.69. The van der Waals surface area contributed by atoms with Gasteiger partial charge in [0.1, 0.15) is 5.82 Å². The van der Waals surface area contributed by atoms with Crippen LogP contribution in [0.15, 0.2) is 66.0 Å². The number of rotatable bonds is 6. The molecule has 0 saturated heterocycles. The van der Waals surface area contributed by atoms with Crippen molar-refractivity contribution >= 4 is 17.7 Å². The Kier molecular flexibility index (Phi) is 5.96. The predicted molar refractivity (Wildman–Crippen MR) is 107 cm³/mol. The minimum absolute atomic E-state index is 0.00101. The quantitative estimate of drug-likeness (QED) is 0.587. The van der Waals surface area contributed by atoms with Gasteiger partial charge in [-0.15, -0.1) is 0 Å². The van der Waals surface area contributed by atoms with E-state index >= 15 is 0 Å². The summed E-state index contributed by atoms with van der Waals surface area (Å²) in [5.74, 6) is 0.0155. The van der Waals surface area contributed by atoms with Crippen molar-refractivity contribution in [3.8, 4) is 11.3 Å². The first-order valence-electron chi connectivity index (χ1n) is 8.68. The number of imidazole rings is 1. The summed E-state index contributed by atoms with van der Waals surface area (Å²) in [6.07, 6.45) is 1.83. The van der Waals surface area contributed by atoms with Gasteiger partial charge >= 0.3 is 0 Å². The molecule has 1 unspecified atom stereocenters. The number of benzene rings is 2. The summed E-state index contributed by atoms with van der Waals surface area (Å²) in [7, 11) is 3.72. The Balaban J connectivity index is 1.63. The molecule has 1 amide bonds. The number of nitrogens with zero attached hydrogens (tertiary/aromatic N) is 3. The van der Waals surface area contributed by atoms with Gasteiger partial charge in [-0.1, -0.05) is 54.2 Å².